The van der Waals surface area contributed by atoms with E-state index < -0.39 is 23.5 Å². The van der Waals surface area contributed by atoms with Crippen LogP contribution in [0, 0.1) is 11.6 Å². The van der Waals surface area contributed by atoms with E-state index in [1.165, 1.54) is 6.20 Å². The van der Waals surface area contributed by atoms with Crippen LogP contribution in [0.5, 0.6) is 0 Å². The number of amides is 1. The third kappa shape index (κ3) is 4.34. The van der Waals surface area contributed by atoms with Gasteiger partial charge in [0.1, 0.15) is 18.2 Å². The van der Waals surface area contributed by atoms with Crippen LogP contribution in [0.25, 0.3) is 0 Å². The zero-order chi connectivity index (χ0) is 15.4. The quantitative estimate of drug-likeness (QED) is 0.851. The van der Waals surface area contributed by atoms with Crippen LogP contribution < -0.4 is 5.32 Å². The molecule has 1 aromatic carbocycles. The van der Waals surface area contributed by atoms with Gasteiger partial charge in [-0.05, 0) is 12.1 Å². The lowest BCUT2D eigenvalue weighted by Gasteiger charge is -2.05. The first kappa shape index (κ1) is 14.6. The number of rotatable bonds is 5. The standard InChI is InChI=1S/C12H10F2N4O3/c13-7-1-8(14)3-9(2-7)15-11(19)6-18-5-10(16-17-18)4-12(20)21/h1-3,5H,4,6H2,(H,15,19)(H,20,21). The van der Waals surface area contributed by atoms with E-state index in [0.717, 1.165) is 16.8 Å². The molecule has 0 saturated carbocycles. The van der Waals surface area contributed by atoms with E-state index in [2.05, 4.69) is 15.6 Å². The minimum atomic E-state index is -1.07. The number of nitrogens with zero attached hydrogens (tertiary/aromatic N) is 3. The monoisotopic (exact) mass is 296 g/mol. The first-order valence-electron chi connectivity index (χ1n) is 5.79. The molecule has 0 aliphatic rings. The van der Waals surface area contributed by atoms with Crippen LogP contribution in [0.3, 0.4) is 0 Å². The van der Waals surface area contributed by atoms with Gasteiger partial charge in [-0.1, -0.05) is 5.21 Å². The molecular formula is C12H10F2N4O3. The normalized spacial score (nSPS) is 10.4. The molecule has 110 valence electrons. The zero-order valence-electron chi connectivity index (χ0n) is 10.6. The number of aromatic nitrogens is 3. The first-order chi connectivity index (χ1) is 9.92. The van der Waals surface area contributed by atoms with Gasteiger partial charge in [0.15, 0.2) is 0 Å². The Balaban J connectivity index is 1.98. The van der Waals surface area contributed by atoms with Crippen LogP contribution in [0.2, 0.25) is 0 Å². The van der Waals surface area contributed by atoms with Crippen LogP contribution in [-0.4, -0.2) is 32.0 Å². The molecule has 0 spiro atoms. The third-order valence-electron chi connectivity index (χ3n) is 2.37. The van der Waals surface area contributed by atoms with Crippen LogP contribution in [0.4, 0.5) is 14.5 Å². The molecule has 0 atom stereocenters. The predicted molar refractivity (Wildman–Crippen MR) is 66.3 cm³/mol. The Morgan fingerprint density at radius 3 is 2.52 bits per heavy atom. The molecule has 0 bridgehead atoms. The Kier molecular flexibility index (Phi) is 4.21. The van der Waals surface area contributed by atoms with E-state index in [9.17, 15) is 18.4 Å². The van der Waals surface area contributed by atoms with Crippen molar-refractivity contribution in [2.45, 2.75) is 13.0 Å². The number of hydrogen-bond acceptors (Lipinski definition) is 4. The number of carboxylic acids is 1. The van der Waals surface area contributed by atoms with Gasteiger partial charge in [0.25, 0.3) is 0 Å². The molecule has 7 nitrogen and oxygen atoms in total. The number of carbonyl (C=O) groups is 2. The van der Waals surface area contributed by atoms with E-state index >= 15 is 0 Å². The summed E-state index contributed by atoms with van der Waals surface area (Å²) < 4.78 is 27.0. The fourth-order valence-corrected chi connectivity index (χ4v) is 1.63. The minimum absolute atomic E-state index is 0.0247. The molecule has 0 unspecified atom stereocenters. The van der Waals surface area contributed by atoms with Gasteiger partial charge in [-0.2, -0.15) is 0 Å². The number of nitrogens with one attached hydrogen (secondary N) is 1. The topological polar surface area (TPSA) is 97.1 Å². The number of hydrogen-bond donors (Lipinski definition) is 2. The van der Waals surface area contributed by atoms with Crippen molar-refractivity contribution in [2.75, 3.05) is 5.32 Å². The average Bonchev–Trinajstić information content (AvgIpc) is 2.73. The van der Waals surface area contributed by atoms with Gasteiger partial charge in [0.05, 0.1) is 12.1 Å². The highest BCUT2D eigenvalue weighted by Crippen LogP contribution is 2.12. The molecule has 0 saturated heterocycles. The molecule has 2 N–H and O–H groups in total. The van der Waals surface area contributed by atoms with E-state index in [-0.39, 0.29) is 24.3 Å². The van der Waals surface area contributed by atoms with Crippen molar-refractivity contribution in [3.8, 4) is 0 Å². The number of carboxylic acid groups (broad SMARTS) is 1. The largest absolute Gasteiger partial charge is 0.481 e. The van der Waals surface area contributed by atoms with E-state index in [1.807, 2.05) is 0 Å². The summed E-state index contributed by atoms with van der Waals surface area (Å²) in [6, 6.07) is 2.63. The summed E-state index contributed by atoms with van der Waals surface area (Å²) in [5, 5.41) is 18.0. The van der Waals surface area contributed by atoms with Crippen molar-refractivity contribution in [1.82, 2.24) is 15.0 Å². The average molecular weight is 296 g/mol. The number of halogens is 2. The fourth-order valence-electron chi connectivity index (χ4n) is 1.63. The maximum absolute atomic E-state index is 13.0. The molecule has 0 aliphatic heterocycles. The molecule has 9 heteroatoms. The number of carbonyl (C=O) groups excluding carboxylic acids is 1. The highest BCUT2D eigenvalue weighted by molar-refractivity contribution is 5.90. The Hall–Kier alpha value is -2.84. The molecule has 0 aliphatic carbocycles. The number of benzene rings is 1. The maximum Gasteiger partial charge on any atom is 0.309 e. The molecule has 1 aromatic heterocycles. The lowest BCUT2D eigenvalue weighted by Crippen LogP contribution is -2.19. The van der Waals surface area contributed by atoms with Crippen molar-refractivity contribution in [3.63, 3.8) is 0 Å². The second-order valence-corrected chi connectivity index (χ2v) is 4.18. The van der Waals surface area contributed by atoms with Gasteiger partial charge in [-0.3, -0.25) is 9.59 Å². The second kappa shape index (κ2) is 6.07. The van der Waals surface area contributed by atoms with Crippen molar-refractivity contribution in [3.05, 3.63) is 41.7 Å². The van der Waals surface area contributed by atoms with E-state index in [0.29, 0.717) is 6.07 Å². The van der Waals surface area contributed by atoms with Gasteiger partial charge >= 0.3 is 5.97 Å². The van der Waals surface area contributed by atoms with Crippen LogP contribution in [0.1, 0.15) is 5.69 Å². The molecule has 2 aromatic rings. The second-order valence-electron chi connectivity index (χ2n) is 4.18. The van der Waals surface area contributed by atoms with Crippen LogP contribution >= 0.6 is 0 Å². The van der Waals surface area contributed by atoms with E-state index in [4.69, 9.17) is 5.11 Å². The minimum Gasteiger partial charge on any atom is -0.481 e. The first-order valence-corrected chi connectivity index (χ1v) is 5.79. The van der Waals surface area contributed by atoms with E-state index in [1.54, 1.807) is 0 Å². The summed E-state index contributed by atoms with van der Waals surface area (Å²) in [7, 11) is 0. The van der Waals surface area contributed by atoms with Crippen molar-refractivity contribution in [2.24, 2.45) is 0 Å². The summed E-state index contributed by atoms with van der Waals surface area (Å²) in [6.45, 7) is -0.259. The van der Waals surface area contributed by atoms with Crippen LogP contribution in [0.15, 0.2) is 24.4 Å². The smallest absolute Gasteiger partial charge is 0.309 e. The molecule has 0 fully saturated rings. The fraction of sp³-hybridized carbons (Fsp3) is 0.167. The number of anilines is 1. The highest BCUT2D eigenvalue weighted by atomic mass is 19.1. The Morgan fingerprint density at radius 1 is 1.24 bits per heavy atom. The predicted octanol–water partition coefficient (Wildman–Crippen LogP) is 0.822. The summed E-state index contributed by atoms with van der Waals surface area (Å²) in [5.74, 6) is -3.27. The zero-order valence-corrected chi connectivity index (χ0v) is 10.6. The maximum atomic E-state index is 13.0. The van der Waals surface area contributed by atoms with Gasteiger partial charge < -0.3 is 10.4 Å². The van der Waals surface area contributed by atoms with Gasteiger partial charge in [-0.15, -0.1) is 5.10 Å². The Bertz CT molecular complexity index is 667. The molecule has 1 amide bonds. The Labute approximate surface area is 117 Å². The molecule has 2 rings (SSSR count). The van der Waals surface area contributed by atoms with Crippen LogP contribution in [-0.2, 0) is 22.6 Å². The summed E-state index contributed by atoms with van der Waals surface area (Å²) in [4.78, 5) is 22.2. The lowest BCUT2D eigenvalue weighted by molar-refractivity contribution is -0.136. The lowest BCUT2D eigenvalue weighted by atomic mass is 10.3. The van der Waals surface area contributed by atoms with Gasteiger partial charge in [0.2, 0.25) is 5.91 Å². The summed E-state index contributed by atoms with van der Waals surface area (Å²) in [5.41, 5.74) is 0.176. The van der Waals surface area contributed by atoms with Crippen molar-refractivity contribution < 1.29 is 23.5 Å². The van der Waals surface area contributed by atoms with Gasteiger partial charge in [-0.25, -0.2) is 13.5 Å². The summed E-state index contributed by atoms with van der Waals surface area (Å²) >= 11 is 0. The van der Waals surface area contributed by atoms with Gasteiger partial charge in [0, 0.05) is 18.0 Å². The summed E-state index contributed by atoms with van der Waals surface area (Å²) in [6.07, 6.45) is 0.997. The number of aliphatic carboxylic acids is 1. The van der Waals surface area contributed by atoms with Crippen molar-refractivity contribution >= 4 is 17.6 Å². The molecular weight excluding hydrogens is 286 g/mol. The third-order valence-corrected chi connectivity index (χ3v) is 2.37. The SMILES string of the molecule is O=C(O)Cc1cn(CC(=O)Nc2cc(F)cc(F)c2)nn1. The highest BCUT2D eigenvalue weighted by Gasteiger charge is 2.10. The molecule has 21 heavy (non-hydrogen) atoms. The molecule has 0 radical (unpaired) electrons. The molecule has 1 heterocycles. The van der Waals surface area contributed by atoms with Crippen molar-refractivity contribution in [1.29, 1.82) is 0 Å². The Morgan fingerprint density at radius 2 is 1.90 bits per heavy atom.